The Morgan fingerprint density at radius 1 is 0.971 bits per heavy atom. The molecule has 4 aromatic rings. The van der Waals surface area contributed by atoms with E-state index in [1.807, 2.05) is 0 Å². The zero-order chi connectivity index (χ0) is 24.6. The molecule has 0 aliphatic carbocycles. The second kappa shape index (κ2) is 8.97. The fraction of sp³-hybridized carbons (Fsp3) is 0.231. The normalized spacial score (nSPS) is 12.0. The molecule has 0 fully saturated rings. The highest BCUT2D eigenvalue weighted by Crippen LogP contribution is 2.22. The average molecular weight is 460 g/mol. The molecule has 4 rings (SSSR count). The molecule has 0 bridgehead atoms. The van der Waals surface area contributed by atoms with Gasteiger partial charge in [-0.3, -0.25) is 14.4 Å². The van der Waals surface area contributed by atoms with Crippen molar-refractivity contribution in [2.45, 2.75) is 33.4 Å². The number of carbonyl (C=O) groups is 3. The number of carbonyl (C=O) groups excluding carboxylic acids is 3. The topological polar surface area (TPSA) is 107 Å². The second-order valence-corrected chi connectivity index (χ2v) is 8.06. The summed E-state index contributed by atoms with van der Waals surface area (Å²) >= 11 is 0. The summed E-state index contributed by atoms with van der Waals surface area (Å²) in [6.07, 6.45) is -1.09. The number of esters is 2. The molecule has 2 heterocycles. The first kappa shape index (κ1) is 23.0. The van der Waals surface area contributed by atoms with Crippen LogP contribution in [0.3, 0.4) is 0 Å². The minimum atomic E-state index is -1.09. The molecule has 0 saturated carbocycles. The van der Waals surface area contributed by atoms with Crippen molar-refractivity contribution in [3.8, 4) is 0 Å². The Labute approximate surface area is 195 Å². The van der Waals surface area contributed by atoms with E-state index in [1.165, 1.54) is 14.0 Å². The molecule has 2 aromatic carbocycles. The van der Waals surface area contributed by atoms with E-state index in [0.717, 1.165) is 0 Å². The van der Waals surface area contributed by atoms with Gasteiger partial charge in [0.1, 0.15) is 6.54 Å². The molecule has 1 N–H and O–H groups in total. The molecule has 34 heavy (non-hydrogen) atoms. The van der Waals surface area contributed by atoms with Crippen LogP contribution in [-0.4, -0.2) is 40.5 Å². The Balaban J connectivity index is 1.63. The Hall–Kier alpha value is -4.20. The van der Waals surface area contributed by atoms with Crippen molar-refractivity contribution in [3.63, 3.8) is 0 Å². The molecule has 8 heteroatoms. The molecule has 0 amide bonds. The summed E-state index contributed by atoms with van der Waals surface area (Å²) in [7, 11) is 1.27. The zero-order valence-corrected chi connectivity index (χ0v) is 19.3. The van der Waals surface area contributed by atoms with E-state index >= 15 is 0 Å². The number of fused-ring (bicyclic) bond motifs is 2. The standard InChI is InChI=1S/C26H24N2O6/c1-14-22(26(32)33-4)15(2)27-23(14)24(30)16(3)34-21(29)13-28-19-11-7-5-9-17(19)25(31)18-10-6-8-12-20(18)28/h5-12,16,27H,13H2,1-4H3. The number of methoxy groups -OCH3 is 1. The van der Waals surface area contributed by atoms with Crippen LogP contribution in [0.5, 0.6) is 0 Å². The van der Waals surface area contributed by atoms with Crippen molar-refractivity contribution in [2.75, 3.05) is 7.11 Å². The van der Waals surface area contributed by atoms with Crippen LogP contribution in [0, 0.1) is 13.8 Å². The van der Waals surface area contributed by atoms with Crippen molar-refractivity contribution in [1.29, 1.82) is 0 Å². The van der Waals surface area contributed by atoms with E-state index in [-0.39, 0.29) is 23.2 Å². The molecule has 8 nitrogen and oxygen atoms in total. The van der Waals surface area contributed by atoms with Gasteiger partial charge in [0.15, 0.2) is 11.5 Å². The number of ether oxygens (including phenoxy) is 2. The van der Waals surface area contributed by atoms with Gasteiger partial charge in [-0.2, -0.15) is 0 Å². The average Bonchev–Trinajstić information content (AvgIpc) is 3.14. The number of aromatic nitrogens is 2. The Bertz CT molecular complexity index is 1450. The number of hydrogen-bond acceptors (Lipinski definition) is 6. The van der Waals surface area contributed by atoms with E-state index in [4.69, 9.17) is 9.47 Å². The molecular weight excluding hydrogens is 436 g/mol. The third kappa shape index (κ3) is 3.87. The number of rotatable bonds is 6. The van der Waals surface area contributed by atoms with Gasteiger partial charge >= 0.3 is 11.9 Å². The molecule has 0 saturated heterocycles. The number of para-hydroxylation sites is 2. The van der Waals surface area contributed by atoms with Crippen molar-refractivity contribution in [1.82, 2.24) is 9.55 Å². The molecule has 0 radical (unpaired) electrons. The van der Waals surface area contributed by atoms with Gasteiger partial charge in [-0.05, 0) is 50.6 Å². The monoisotopic (exact) mass is 460 g/mol. The van der Waals surface area contributed by atoms with Crippen LogP contribution in [0.2, 0.25) is 0 Å². The van der Waals surface area contributed by atoms with Crippen LogP contribution in [-0.2, 0) is 20.8 Å². The first-order chi connectivity index (χ1) is 16.2. The van der Waals surface area contributed by atoms with Gasteiger partial charge in [-0.25, -0.2) is 4.79 Å². The maximum Gasteiger partial charge on any atom is 0.339 e. The first-order valence-electron chi connectivity index (χ1n) is 10.8. The number of aryl methyl sites for hydroxylation is 1. The van der Waals surface area contributed by atoms with Crippen molar-refractivity contribution >= 4 is 39.5 Å². The van der Waals surface area contributed by atoms with E-state index in [1.54, 1.807) is 66.9 Å². The minimum absolute atomic E-state index is 0.113. The largest absolute Gasteiger partial charge is 0.465 e. The number of aromatic amines is 1. The predicted octanol–water partition coefficient (Wildman–Crippen LogP) is 3.70. The molecule has 0 aliphatic heterocycles. The van der Waals surface area contributed by atoms with Crippen LogP contribution in [0.1, 0.15) is 39.0 Å². The third-order valence-corrected chi connectivity index (χ3v) is 5.92. The number of benzene rings is 2. The van der Waals surface area contributed by atoms with Gasteiger partial charge in [0, 0.05) is 16.5 Å². The molecule has 1 unspecified atom stereocenters. The highest BCUT2D eigenvalue weighted by molar-refractivity contribution is 6.04. The lowest BCUT2D eigenvalue weighted by Crippen LogP contribution is -2.28. The SMILES string of the molecule is COC(=O)c1c(C)[nH]c(C(=O)C(C)OC(=O)Cn2c3ccccc3c(=O)c3ccccc32)c1C. The predicted molar refractivity (Wildman–Crippen MR) is 127 cm³/mol. The molecule has 0 spiro atoms. The second-order valence-electron chi connectivity index (χ2n) is 8.06. The summed E-state index contributed by atoms with van der Waals surface area (Å²) in [5.74, 6) is -1.64. The highest BCUT2D eigenvalue weighted by atomic mass is 16.5. The Morgan fingerprint density at radius 2 is 1.53 bits per heavy atom. The van der Waals surface area contributed by atoms with Crippen LogP contribution in [0.25, 0.3) is 21.8 Å². The van der Waals surface area contributed by atoms with Gasteiger partial charge < -0.3 is 19.0 Å². The van der Waals surface area contributed by atoms with Gasteiger partial charge in [-0.15, -0.1) is 0 Å². The summed E-state index contributed by atoms with van der Waals surface area (Å²) in [5.41, 5.74) is 2.50. The van der Waals surface area contributed by atoms with Crippen molar-refractivity contribution in [2.24, 2.45) is 0 Å². The van der Waals surface area contributed by atoms with Crippen molar-refractivity contribution < 1.29 is 23.9 Å². The molecule has 174 valence electrons. The fourth-order valence-corrected chi connectivity index (χ4v) is 4.27. The van der Waals surface area contributed by atoms with E-state index in [0.29, 0.717) is 33.1 Å². The van der Waals surface area contributed by atoms with Gasteiger partial charge in [0.25, 0.3) is 0 Å². The number of Topliss-reactive ketones (excluding diaryl/α,β-unsaturated/α-hetero) is 1. The molecular formula is C26H24N2O6. The quantitative estimate of drug-likeness (QED) is 0.267. The number of pyridine rings is 1. The summed E-state index contributed by atoms with van der Waals surface area (Å²) < 4.78 is 12.0. The van der Waals surface area contributed by atoms with Crippen LogP contribution in [0.4, 0.5) is 0 Å². The summed E-state index contributed by atoms with van der Waals surface area (Å²) in [4.78, 5) is 53.7. The summed E-state index contributed by atoms with van der Waals surface area (Å²) in [5, 5.41) is 0.983. The lowest BCUT2D eigenvalue weighted by Gasteiger charge is -2.17. The maximum atomic E-state index is 13.0. The minimum Gasteiger partial charge on any atom is -0.465 e. The number of nitrogens with one attached hydrogen (secondary N) is 1. The first-order valence-corrected chi connectivity index (χ1v) is 10.8. The lowest BCUT2D eigenvalue weighted by atomic mass is 10.1. The highest BCUT2D eigenvalue weighted by Gasteiger charge is 2.27. The van der Waals surface area contributed by atoms with E-state index < -0.39 is 23.8 Å². The van der Waals surface area contributed by atoms with E-state index in [2.05, 4.69) is 4.98 Å². The van der Waals surface area contributed by atoms with Gasteiger partial charge in [-0.1, -0.05) is 24.3 Å². The molecule has 0 aliphatic rings. The van der Waals surface area contributed by atoms with Crippen LogP contribution in [0.15, 0.2) is 53.3 Å². The summed E-state index contributed by atoms with van der Waals surface area (Å²) in [6.45, 7) is 4.60. The Morgan fingerprint density at radius 3 is 2.09 bits per heavy atom. The van der Waals surface area contributed by atoms with Gasteiger partial charge in [0.2, 0.25) is 5.78 Å². The summed E-state index contributed by atoms with van der Waals surface area (Å²) in [6, 6.07) is 14.1. The third-order valence-electron chi connectivity index (χ3n) is 5.92. The van der Waals surface area contributed by atoms with Crippen molar-refractivity contribution in [3.05, 3.63) is 81.3 Å². The molecule has 2 aromatic heterocycles. The fourth-order valence-electron chi connectivity index (χ4n) is 4.27. The van der Waals surface area contributed by atoms with E-state index in [9.17, 15) is 19.2 Å². The maximum absolute atomic E-state index is 13.0. The molecule has 1 atom stereocenters. The number of H-pyrrole nitrogens is 1. The zero-order valence-electron chi connectivity index (χ0n) is 19.3. The van der Waals surface area contributed by atoms with Crippen LogP contribution >= 0.6 is 0 Å². The lowest BCUT2D eigenvalue weighted by molar-refractivity contribution is -0.146. The number of nitrogens with zero attached hydrogens (tertiary/aromatic N) is 1. The Kier molecular flexibility index (Phi) is 6.06. The number of ketones is 1. The van der Waals surface area contributed by atoms with Gasteiger partial charge in [0.05, 0.1) is 29.4 Å². The number of hydrogen-bond donors (Lipinski definition) is 1. The van der Waals surface area contributed by atoms with Crippen LogP contribution < -0.4 is 5.43 Å². The smallest absolute Gasteiger partial charge is 0.339 e.